The second-order valence-corrected chi connectivity index (χ2v) is 8.94. The van der Waals surface area contributed by atoms with E-state index in [9.17, 15) is 9.59 Å². The third-order valence-electron chi connectivity index (χ3n) is 6.65. The fourth-order valence-electron chi connectivity index (χ4n) is 4.77. The van der Waals surface area contributed by atoms with Crippen LogP contribution in [0.15, 0.2) is 30.5 Å². The Balaban J connectivity index is 1.25. The van der Waals surface area contributed by atoms with Crippen LogP contribution in [0.25, 0.3) is 0 Å². The molecule has 12 heteroatoms. The lowest BCUT2D eigenvalue weighted by Crippen LogP contribution is -2.45. The zero-order valence-corrected chi connectivity index (χ0v) is 19.3. The van der Waals surface area contributed by atoms with Gasteiger partial charge >= 0.3 is 6.09 Å². The number of rotatable bonds is 6. The first-order chi connectivity index (χ1) is 16.9. The van der Waals surface area contributed by atoms with Crippen LogP contribution >= 0.6 is 0 Å². The Kier molecular flexibility index (Phi) is 6.31. The highest BCUT2D eigenvalue weighted by molar-refractivity contribution is 5.96. The minimum absolute atomic E-state index is 0.0242. The van der Waals surface area contributed by atoms with E-state index in [1.165, 1.54) is 11.1 Å². The molecule has 2 aromatic rings. The molecule has 3 saturated heterocycles. The van der Waals surface area contributed by atoms with Crippen molar-refractivity contribution in [1.82, 2.24) is 14.9 Å². The zero-order valence-electron chi connectivity index (χ0n) is 19.3. The number of piperidine rings is 1. The molecule has 3 aliphatic heterocycles. The summed E-state index contributed by atoms with van der Waals surface area (Å²) in [6, 6.07) is 7.76. The summed E-state index contributed by atoms with van der Waals surface area (Å²) < 4.78 is 11.6. The summed E-state index contributed by atoms with van der Waals surface area (Å²) >= 11 is 0. The van der Waals surface area contributed by atoms with E-state index in [4.69, 9.17) is 20.3 Å². The molecule has 4 heterocycles. The van der Waals surface area contributed by atoms with Crippen LogP contribution in [0.3, 0.4) is 0 Å². The summed E-state index contributed by atoms with van der Waals surface area (Å²) in [7, 11) is 0. The Morgan fingerprint density at radius 2 is 1.83 bits per heavy atom. The normalized spacial score (nSPS) is 21.3. The van der Waals surface area contributed by atoms with E-state index in [1.807, 2.05) is 24.3 Å². The second kappa shape index (κ2) is 9.55. The summed E-state index contributed by atoms with van der Waals surface area (Å²) in [6.07, 6.45) is 2.80. The van der Waals surface area contributed by atoms with Crippen molar-refractivity contribution >= 4 is 35.0 Å². The summed E-state index contributed by atoms with van der Waals surface area (Å²) in [5, 5.41) is 15.5. The molecule has 1 aromatic carbocycles. The molecule has 1 spiro atoms. The number of benzene rings is 1. The van der Waals surface area contributed by atoms with Crippen LogP contribution in [0.4, 0.5) is 27.8 Å². The van der Waals surface area contributed by atoms with Crippen molar-refractivity contribution in [3.63, 3.8) is 0 Å². The van der Waals surface area contributed by atoms with Crippen LogP contribution in [0.2, 0.25) is 0 Å². The van der Waals surface area contributed by atoms with E-state index in [0.29, 0.717) is 38.5 Å². The number of hydrogen-bond acceptors (Lipinski definition) is 9. The lowest BCUT2D eigenvalue weighted by atomic mass is 10.0. The Morgan fingerprint density at radius 3 is 2.46 bits per heavy atom. The number of amides is 2. The van der Waals surface area contributed by atoms with Gasteiger partial charge in [-0.3, -0.25) is 4.79 Å². The molecular weight excluding hydrogens is 454 g/mol. The van der Waals surface area contributed by atoms with Crippen LogP contribution in [0.1, 0.15) is 29.8 Å². The lowest BCUT2D eigenvalue weighted by molar-refractivity contribution is -0.169. The van der Waals surface area contributed by atoms with Crippen LogP contribution < -0.4 is 21.3 Å². The van der Waals surface area contributed by atoms with Gasteiger partial charge < -0.3 is 40.7 Å². The average Bonchev–Trinajstić information content (AvgIpc) is 3.50. The van der Waals surface area contributed by atoms with Crippen LogP contribution in [-0.2, 0) is 9.47 Å². The molecule has 12 nitrogen and oxygen atoms in total. The van der Waals surface area contributed by atoms with Gasteiger partial charge in [0, 0.05) is 56.4 Å². The Hall–Kier alpha value is -3.64. The van der Waals surface area contributed by atoms with Crippen LogP contribution in [0.5, 0.6) is 0 Å². The summed E-state index contributed by atoms with van der Waals surface area (Å²) in [6.45, 7) is 3.82. The number of carbonyl (C=O) groups is 2. The van der Waals surface area contributed by atoms with Gasteiger partial charge in [0.1, 0.15) is 5.82 Å². The number of primary amides is 1. The predicted molar refractivity (Wildman–Crippen MR) is 128 cm³/mol. The van der Waals surface area contributed by atoms with E-state index in [-0.39, 0.29) is 17.6 Å². The van der Waals surface area contributed by atoms with Gasteiger partial charge in [-0.1, -0.05) is 0 Å². The predicted octanol–water partition coefficient (Wildman–Crippen LogP) is 1.83. The molecule has 2 amide bonds. The number of ether oxygens (including phenoxy) is 2. The topological polar surface area (TPSA) is 155 Å². The molecular formula is C23H29N7O5. The lowest BCUT2D eigenvalue weighted by Gasteiger charge is -2.38. The van der Waals surface area contributed by atoms with Gasteiger partial charge in [0.2, 0.25) is 0 Å². The number of carbonyl (C=O) groups excluding carboxylic acids is 1. The Morgan fingerprint density at radius 1 is 1.11 bits per heavy atom. The Labute approximate surface area is 202 Å². The highest BCUT2D eigenvalue weighted by Crippen LogP contribution is 2.33. The van der Waals surface area contributed by atoms with E-state index in [0.717, 1.165) is 37.3 Å². The molecule has 0 bridgehead atoms. The van der Waals surface area contributed by atoms with Crippen molar-refractivity contribution in [3.8, 4) is 0 Å². The van der Waals surface area contributed by atoms with Gasteiger partial charge in [0.15, 0.2) is 17.3 Å². The zero-order chi connectivity index (χ0) is 24.4. The molecule has 35 heavy (non-hydrogen) atoms. The molecule has 0 radical (unpaired) electrons. The van der Waals surface area contributed by atoms with Gasteiger partial charge in [-0.05, 0) is 30.7 Å². The molecule has 1 aromatic heterocycles. The van der Waals surface area contributed by atoms with Crippen LogP contribution in [-0.4, -0.2) is 83.2 Å². The van der Waals surface area contributed by atoms with Gasteiger partial charge in [0.05, 0.1) is 19.4 Å². The number of likely N-dealkylation sites (tertiary alicyclic amines) is 1. The standard InChI is InChI=1S/C23H29N7O5/c24-20(31)19-21(28-18(13-25-19)26-16-5-8-30(14-16)22(32)33)27-15-1-3-17(4-2-15)29-9-6-23(7-10-29)34-11-12-35-23/h1-4,13,16H,5-12,14H2,(H2,24,31)(H,32,33)(H2,26,27,28)/t16-/m1/s1. The number of nitrogens with one attached hydrogen (secondary N) is 2. The van der Waals surface area contributed by atoms with Gasteiger partial charge in [-0.2, -0.15) is 0 Å². The molecule has 3 fully saturated rings. The van der Waals surface area contributed by atoms with Gasteiger partial charge in [-0.15, -0.1) is 0 Å². The van der Waals surface area contributed by atoms with Crippen molar-refractivity contribution in [3.05, 3.63) is 36.2 Å². The highest BCUT2D eigenvalue weighted by atomic mass is 16.7. The minimum atomic E-state index is -0.945. The monoisotopic (exact) mass is 483 g/mol. The van der Waals surface area contributed by atoms with E-state index >= 15 is 0 Å². The van der Waals surface area contributed by atoms with E-state index in [2.05, 4.69) is 25.5 Å². The molecule has 3 aliphatic rings. The minimum Gasteiger partial charge on any atom is -0.465 e. The second-order valence-electron chi connectivity index (χ2n) is 8.94. The smallest absolute Gasteiger partial charge is 0.407 e. The maximum absolute atomic E-state index is 11.9. The number of aromatic nitrogens is 2. The van der Waals surface area contributed by atoms with Crippen molar-refractivity contribution in [2.45, 2.75) is 31.1 Å². The third kappa shape index (κ3) is 5.08. The number of carboxylic acid groups (broad SMARTS) is 1. The molecule has 5 N–H and O–H groups in total. The molecule has 0 aliphatic carbocycles. The molecule has 5 rings (SSSR count). The molecule has 0 saturated carbocycles. The van der Waals surface area contributed by atoms with Gasteiger partial charge in [0.25, 0.3) is 5.91 Å². The first-order valence-electron chi connectivity index (χ1n) is 11.7. The number of nitrogens with zero attached hydrogens (tertiary/aromatic N) is 4. The summed E-state index contributed by atoms with van der Waals surface area (Å²) in [5.41, 5.74) is 7.35. The highest BCUT2D eigenvalue weighted by Gasteiger charge is 2.39. The molecule has 186 valence electrons. The maximum Gasteiger partial charge on any atom is 0.407 e. The van der Waals surface area contributed by atoms with Crippen LogP contribution in [0, 0.1) is 0 Å². The fraction of sp³-hybridized carbons (Fsp3) is 0.478. The average molecular weight is 484 g/mol. The van der Waals surface area contributed by atoms with Crippen molar-refractivity contribution in [2.75, 3.05) is 54.9 Å². The van der Waals surface area contributed by atoms with E-state index in [1.54, 1.807) is 0 Å². The number of anilines is 4. The third-order valence-corrected chi connectivity index (χ3v) is 6.65. The largest absolute Gasteiger partial charge is 0.465 e. The van der Waals surface area contributed by atoms with Gasteiger partial charge in [-0.25, -0.2) is 14.8 Å². The molecule has 1 atom stereocenters. The first kappa shape index (κ1) is 23.1. The SMILES string of the molecule is NC(=O)c1ncc(N[C@@H]2CCN(C(=O)O)C2)nc1Nc1ccc(N2CCC3(CC2)OCCO3)cc1. The quantitative estimate of drug-likeness (QED) is 0.478. The molecule has 0 unspecified atom stereocenters. The number of nitrogens with two attached hydrogens (primary N) is 1. The summed E-state index contributed by atoms with van der Waals surface area (Å²) in [5.74, 6) is -0.436. The van der Waals surface area contributed by atoms with Crippen molar-refractivity contribution in [2.24, 2.45) is 5.73 Å². The summed E-state index contributed by atoms with van der Waals surface area (Å²) in [4.78, 5) is 35.4. The van der Waals surface area contributed by atoms with Crippen molar-refractivity contribution < 1.29 is 24.2 Å². The Bertz CT molecular complexity index is 1080. The first-order valence-corrected chi connectivity index (χ1v) is 11.7. The van der Waals surface area contributed by atoms with Crippen molar-refractivity contribution in [1.29, 1.82) is 0 Å². The fourth-order valence-corrected chi connectivity index (χ4v) is 4.77. The number of hydrogen-bond donors (Lipinski definition) is 4. The maximum atomic E-state index is 11.9. The van der Waals surface area contributed by atoms with E-state index < -0.39 is 17.8 Å².